The molecule has 0 radical (unpaired) electrons. The maximum absolute atomic E-state index is 12.3. The summed E-state index contributed by atoms with van der Waals surface area (Å²) in [6.45, 7) is 0.221. The number of rotatable bonds is 5. The molecule has 3 rings (SSSR count). The summed E-state index contributed by atoms with van der Waals surface area (Å²) in [6, 6.07) is 12.6. The molecule has 0 spiro atoms. The third-order valence-corrected chi connectivity index (χ3v) is 3.26. The topological polar surface area (TPSA) is 56.2 Å². The molecule has 5 heteroatoms. The first kappa shape index (κ1) is 14.0. The van der Waals surface area contributed by atoms with E-state index >= 15 is 0 Å². The Morgan fingerprint density at radius 2 is 2.18 bits per heavy atom. The SMILES string of the molecule is COc1cccc(C(=O)C[n+]2ccc(-c3ccco3)nc2)c1. The summed E-state index contributed by atoms with van der Waals surface area (Å²) in [4.78, 5) is 16.6. The molecule has 0 aliphatic carbocycles. The van der Waals surface area contributed by atoms with Crippen LogP contribution in [0, 0.1) is 0 Å². The van der Waals surface area contributed by atoms with Crippen LogP contribution in [0.25, 0.3) is 11.5 Å². The van der Waals surface area contributed by atoms with Crippen LogP contribution in [-0.4, -0.2) is 17.9 Å². The van der Waals surface area contributed by atoms with Crippen molar-refractivity contribution in [3.8, 4) is 17.2 Å². The number of furan rings is 1. The normalized spacial score (nSPS) is 10.4. The van der Waals surface area contributed by atoms with Crippen LogP contribution in [0.15, 0.2) is 65.7 Å². The third kappa shape index (κ3) is 3.03. The number of benzene rings is 1. The summed E-state index contributed by atoms with van der Waals surface area (Å²) < 4.78 is 12.1. The zero-order valence-electron chi connectivity index (χ0n) is 12.1. The van der Waals surface area contributed by atoms with Gasteiger partial charge in [0.25, 0.3) is 6.33 Å². The van der Waals surface area contributed by atoms with E-state index in [1.165, 1.54) is 0 Å². The lowest BCUT2D eigenvalue weighted by Crippen LogP contribution is -2.37. The molecule has 2 heterocycles. The van der Waals surface area contributed by atoms with E-state index in [0.29, 0.717) is 17.1 Å². The molecule has 2 aromatic heterocycles. The van der Waals surface area contributed by atoms with Crippen molar-refractivity contribution in [2.45, 2.75) is 6.54 Å². The zero-order chi connectivity index (χ0) is 15.4. The summed E-state index contributed by atoms with van der Waals surface area (Å²) in [7, 11) is 1.58. The maximum atomic E-state index is 12.3. The first-order valence-corrected chi connectivity index (χ1v) is 6.82. The fraction of sp³-hybridized carbons (Fsp3) is 0.118. The van der Waals surface area contributed by atoms with Crippen LogP contribution in [0.4, 0.5) is 0 Å². The van der Waals surface area contributed by atoms with E-state index in [0.717, 1.165) is 5.69 Å². The summed E-state index contributed by atoms with van der Waals surface area (Å²) in [6.07, 6.45) is 5.03. The second-order valence-corrected chi connectivity index (χ2v) is 4.75. The van der Waals surface area contributed by atoms with Crippen LogP contribution < -0.4 is 9.30 Å². The predicted molar refractivity (Wildman–Crippen MR) is 79.5 cm³/mol. The van der Waals surface area contributed by atoms with Crippen LogP contribution in [0.3, 0.4) is 0 Å². The standard InChI is InChI=1S/C17H15N2O3/c1-21-14-5-2-4-13(10-14)16(20)11-19-8-7-15(18-12-19)17-6-3-9-22-17/h2-10,12H,11H2,1H3/q+1. The Hall–Kier alpha value is -2.95. The monoisotopic (exact) mass is 295 g/mol. The summed E-state index contributed by atoms with van der Waals surface area (Å²) in [5, 5.41) is 0. The molecular weight excluding hydrogens is 280 g/mol. The fourth-order valence-corrected chi connectivity index (χ4v) is 2.10. The van der Waals surface area contributed by atoms with Gasteiger partial charge in [0, 0.05) is 11.6 Å². The molecule has 0 fully saturated rings. The molecule has 0 atom stereocenters. The Balaban J connectivity index is 1.74. The molecule has 3 aromatic rings. The molecule has 0 aliphatic heterocycles. The molecule has 1 aromatic carbocycles. The van der Waals surface area contributed by atoms with Crippen molar-refractivity contribution in [1.82, 2.24) is 4.98 Å². The van der Waals surface area contributed by atoms with E-state index in [9.17, 15) is 4.79 Å². The highest BCUT2D eigenvalue weighted by Gasteiger charge is 2.13. The van der Waals surface area contributed by atoms with Gasteiger partial charge in [-0.15, -0.1) is 0 Å². The molecule has 0 saturated carbocycles. The number of aromatic nitrogens is 2. The number of carbonyl (C=O) groups excluding carboxylic acids is 1. The van der Waals surface area contributed by atoms with Crippen molar-refractivity contribution in [2.24, 2.45) is 0 Å². The van der Waals surface area contributed by atoms with Crippen molar-refractivity contribution < 1.29 is 18.5 Å². The first-order valence-electron chi connectivity index (χ1n) is 6.82. The minimum atomic E-state index is -0.00329. The summed E-state index contributed by atoms with van der Waals surface area (Å²) >= 11 is 0. The Bertz CT molecular complexity index is 765. The van der Waals surface area contributed by atoms with Gasteiger partial charge in [-0.25, -0.2) is 4.57 Å². The molecule has 0 unspecified atom stereocenters. The number of hydrogen-bond donors (Lipinski definition) is 0. The van der Waals surface area contributed by atoms with Gasteiger partial charge in [0.1, 0.15) is 5.75 Å². The van der Waals surface area contributed by atoms with Gasteiger partial charge in [0.05, 0.1) is 19.6 Å². The molecule has 0 saturated heterocycles. The van der Waals surface area contributed by atoms with Crippen molar-refractivity contribution in [3.63, 3.8) is 0 Å². The number of ketones is 1. The largest absolute Gasteiger partial charge is 0.497 e. The highest BCUT2D eigenvalue weighted by atomic mass is 16.5. The first-order chi connectivity index (χ1) is 10.8. The number of nitrogens with zero attached hydrogens (tertiary/aromatic N) is 2. The van der Waals surface area contributed by atoms with Crippen molar-refractivity contribution in [2.75, 3.05) is 7.11 Å². The molecule has 5 nitrogen and oxygen atoms in total. The van der Waals surface area contributed by atoms with Gasteiger partial charge in [-0.3, -0.25) is 4.79 Å². The predicted octanol–water partition coefficient (Wildman–Crippen LogP) is 2.52. The highest BCUT2D eigenvalue weighted by Crippen LogP contribution is 2.15. The van der Waals surface area contributed by atoms with E-state index in [-0.39, 0.29) is 12.3 Å². The van der Waals surface area contributed by atoms with Crippen LogP contribution in [0.2, 0.25) is 0 Å². The minimum Gasteiger partial charge on any atom is -0.497 e. The number of methoxy groups -OCH3 is 1. The van der Waals surface area contributed by atoms with E-state index in [4.69, 9.17) is 9.15 Å². The summed E-state index contributed by atoms with van der Waals surface area (Å²) in [5.41, 5.74) is 1.34. The van der Waals surface area contributed by atoms with Gasteiger partial charge in [-0.05, 0) is 29.2 Å². The third-order valence-electron chi connectivity index (χ3n) is 3.26. The Morgan fingerprint density at radius 3 is 2.86 bits per heavy atom. The van der Waals surface area contributed by atoms with Crippen LogP contribution >= 0.6 is 0 Å². The molecule has 0 N–H and O–H groups in total. The molecule has 0 amide bonds. The zero-order valence-corrected chi connectivity index (χ0v) is 12.1. The molecule has 0 aliphatic rings. The van der Waals surface area contributed by atoms with Crippen LogP contribution in [0.5, 0.6) is 5.75 Å². The molecule has 22 heavy (non-hydrogen) atoms. The van der Waals surface area contributed by atoms with E-state index in [1.807, 2.05) is 30.5 Å². The number of ether oxygens (including phenoxy) is 1. The van der Waals surface area contributed by atoms with E-state index < -0.39 is 0 Å². The Kier molecular flexibility index (Phi) is 3.96. The average molecular weight is 295 g/mol. The number of hydrogen-bond acceptors (Lipinski definition) is 4. The second-order valence-electron chi connectivity index (χ2n) is 4.75. The lowest BCUT2D eigenvalue weighted by molar-refractivity contribution is -0.686. The van der Waals surface area contributed by atoms with Crippen molar-refractivity contribution >= 4 is 5.78 Å². The van der Waals surface area contributed by atoms with Crippen molar-refractivity contribution in [1.29, 1.82) is 0 Å². The van der Waals surface area contributed by atoms with E-state index in [1.54, 1.807) is 42.5 Å². The number of Topliss-reactive ketones (excluding diaryl/α,β-unsaturated/α-hetero) is 1. The second kappa shape index (κ2) is 6.22. The van der Waals surface area contributed by atoms with Gasteiger partial charge in [0.2, 0.25) is 11.5 Å². The van der Waals surface area contributed by atoms with Gasteiger partial charge in [0.15, 0.2) is 12.3 Å². The van der Waals surface area contributed by atoms with Crippen LogP contribution in [0.1, 0.15) is 10.4 Å². The fourth-order valence-electron chi connectivity index (χ4n) is 2.10. The maximum Gasteiger partial charge on any atom is 0.287 e. The van der Waals surface area contributed by atoms with Gasteiger partial charge in [-0.1, -0.05) is 12.1 Å². The lowest BCUT2D eigenvalue weighted by Gasteiger charge is -2.03. The Morgan fingerprint density at radius 1 is 1.27 bits per heavy atom. The Labute approximate surface area is 127 Å². The smallest absolute Gasteiger partial charge is 0.287 e. The van der Waals surface area contributed by atoms with Crippen molar-refractivity contribution in [3.05, 3.63) is 66.8 Å². The average Bonchev–Trinajstić information content (AvgIpc) is 3.10. The lowest BCUT2D eigenvalue weighted by atomic mass is 10.1. The summed E-state index contributed by atoms with van der Waals surface area (Å²) in [5.74, 6) is 1.37. The van der Waals surface area contributed by atoms with E-state index in [2.05, 4.69) is 4.98 Å². The quantitative estimate of drug-likeness (QED) is 0.536. The van der Waals surface area contributed by atoms with Gasteiger partial charge >= 0.3 is 0 Å². The number of carbonyl (C=O) groups is 1. The highest BCUT2D eigenvalue weighted by molar-refractivity contribution is 5.95. The minimum absolute atomic E-state index is 0.00329. The molecule has 110 valence electrons. The molecular formula is C17H15N2O3+. The van der Waals surface area contributed by atoms with Gasteiger partial charge in [-0.2, -0.15) is 0 Å². The van der Waals surface area contributed by atoms with Gasteiger partial charge < -0.3 is 9.15 Å². The van der Waals surface area contributed by atoms with Crippen LogP contribution in [-0.2, 0) is 6.54 Å². The molecule has 0 bridgehead atoms.